The Kier molecular flexibility index (Phi) is 76.0. The Morgan fingerprint density at radius 2 is 0.486 bits per heavy atom. The molecule has 0 spiro atoms. The summed E-state index contributed by atoms with van der Waals surface area (Å²) in [6.07, 6.45) is 69.5. The molecule has 3 unspecified atom stereocenters. The number of aliphatic hydroxyl groups excluding tert-OH is 1. The fourth-order valence-corrected chi connectivity index (χ4v) is 15.0. The minimum absolute atomic E-state index is 0.106. The van der Waals surface area contributed by atoms with Gasteiger partial charge in [-0.1, -0.05) is 408 Å². The zero-order valence-electron chi connectivity index (χ0n) is 69.0. The molecule has 0 fully saturated rings. The zero-order chi connectivity index (χ0) is 77.1. The van der Waals surface area contributed by atoms with Crippen LogP contribution in [-0.2, 0) is 65.4 Å². The van der Waals surface area contributed by atoms with Crippen molar-refractivity contribution >= 4 is 39.5 Å². The number of rotatable bonds is 85. The second-order valence-electron chi connectivity index (χ2n) is 31.6. The Hall–Kier alpha value is -1.94. The van der Waals surface area contributed by atoms with Crippen LogP contribution in [0.2, 0.25) is 0 Å². The minimum atomic E-state index is -4.97. The van der Waals surface area contributed by atoms with Crippen LogP contribution in [0.4, 0.5) is 0 Å². The summed E-state index contributed by atoms with van der Waals surface area (Å²) in [4.78, 5) is 73.2. The van der Waals surface area contributed by atoms with Crippen LogP contribution in [0.15, 0.2) is 0 Å². The van der Waals surface area contributed by atoms with E-state index in [0.717, 1.165) is 102 Å². The third-order valence-electron chi connectivity index (χ3n) is 20.6. The van der Waals surface area contributed by atoms with E-state index in [4.69, 9.17) is 37.0 Å². The molecular formula is C86H168O17P2. The van der Waals surface area contributed by atoms with E-state index in [2.05, 4.69) is 41.5 Å². The molecule has 0 rings (SSSR count). The fraction of sp³-hybridized carbons (Fsp3) is 0.953. The highest BCUT2D eigenvalue weighted by molar-refractivity contribution is 7.47. The van der Waals surface area contributed by atoms with Crippen LogP contribution >= 0.6 is 15.6 Å². The van der Waals surface area contributed by atoms with E-state index in [1.807, 2.05) is 0 Å². The summed E-state index contributed by atoms with van der Waals surface area (Å²) in [6.45, 7) is 9.65. The van der Waals surface area contributed by atoms with Crippen LogP contribution in [0.1, 0.15) is 459 Å². The number of hydrogen-bond acceptors (Lipinski definition) is 15. The Morgan fingerprint density at radius 1 is 0.276 bits per heavy atom. The maximum absolute atomic E-state index is 13.2. The van der Waals surface area contributed by atoms with E-state index in [1.54, 1.807) is 0 Å². The standard InChI is InChI=1S/C86H168O17P2/c1-7-10-12-14-16-18-20-22-24-26-28-30-32-34-36-38-43-50-56-62-68-83(88)96-74-81(102-85(90)70-64-58-52-44-39-37-35-33-31-29-27-25-23-21-19-17-15-13-11-8-2)76-100-104(92,93)98-72-80(87)73-99-105(94,95)101-77-82(75-97-84(89)69-63-57-51-47-46-48-54-60-66-78(4)5)103-86(91)71-65-59-53-45-41-40-42-49-55-61-67-79(6)9-3/h78-82,87H,7-77H2,1-6H3,(H,92,93)(H,94,95)/t79?,80-,81-,82-/m1/s1. The summed E-state index contributed by atoms with van der Waals surface area (Å²) in [5.41, 5.74) is 0. The second kappa shape index (κ2) is 77.4. The largest absolute Gasteiger partial charge is 0.472 e. The molecule has 0 amide bonds. The van der Waals surface area contributed by atoms with E-state index in [9.17, 15) is 43.2 Å². The molecule has 0 bridgehead atoms. The maximum Gasteiger partial charge on any atom is 0.472 e. The molecule has 0 aromatic rings. The van der Waals surface area contributed by atoms with Gasteiger partial charge in [-0.15, -0.1) is 0 Å². The van der Waals surface area contributed by atoms with Crippen molar-refractivity contribution in [3.05, 3.63) is 0 Å². The lowest BCUT2D eigenvalue weighted by atomic mass is 9.99. The molecule has 0 heterocycles. The highest BCUT2D eigenvalue weighted by Crippen LogP contribution is 2.45. The van der Waals surface area contributed by atoms with Gasteiger partial charge in [0.05, 0.1) is 26.4 Å². The summed E-state index contributed by atoms with van der Waals surface area (Å²) in [5.74, 6) is -0.575. The second-order valence-corrected chi connectivity index (χ2v) is 34.6. The first-order chi connectivity index (χ1) is 50.9. The first kappa shape index (κ1) is 103. The summed E-state index contributed by atoms with van der Waals surface area (Å²) in [6, 6.07) is 0. The zero-order valence-corrected chi connectivity index (χ0v) is 70.8. The van der Waals surface area contributed by atoms with Crippen molar-refractivity contribution in [3.63, 3.8) is 0 Å². The van der Waals surface area contributed by atoms with Gasteiger partial charge in [0.2, 0.25) is 0 Å². The number of carbonyl (C=O) groups is 4. The molecule has 624 valence electrons. The number of unbranched alkanes of at least 4 members (excludes halogenated alkanes) is 54. The highest BCUT2D eigenvalue weighted by atomic mass is 31.2. The smallest absolute Gasteiger partial charge is 0.462 e. The molecule has 0 aliphatic carbocycles. The Labute approximate surface area is 645 Å². The third kappa shape index (κ3) is 78.5. The molecule has 3 N–H and O–H groups in total. The normalized spacial score (nSPS) is 14.1. The van der Waals surface area contributed by atoms with E-state index in [-0.39, 0.29) is 25.7 Å². The Bertz CT molecular complexity index is 2010. The highest BCUT2D eigenvalue weighted by Gasteiger charge is 2.30. The average Bonchev–Trinajstić information content (AvgIpc) is 0.938. The van der Waals surface area contributed by atoms with Gasteiger partial charge in [0, 0.05) is 25.7 Å². The average molecular weight is 1540 g/mol. The van der Waals surface area contributed by atoms with Crippen LogP contribution in [0, 0.1) is 11.8 Å². The van der Waals surface area contributed by atoms with Crippen LogP contribution in [0.3, 0.4) is 0 Å². The van der Waals surface area contributed by atoms with Gasteiger partial charge < -0.3 is 33.8 Å². The van der Waals surface area contributed by atoms with E-state index in [0.29, 0.717) is 25.7 Å². The Morgan fingerprint density at radius 3 is 0.724 bits per heavy atom. The number of aliphatic hydroxyl groups is 1. The number of carbonyl (C=O) groups excluding carboxylic acids is 4. The van der Waals surface area contributed by atoms with Crippen LogP contribution in [0.5, 0.6) is 0 Å². The van der Waals surface area contributed by atoms with Gasteiger partial charge in [-0.05, 0) is 37.5 Å². The van der Waals surface area contributed by atoms with Crippen molar-refractivity contribution in [3.8, 4) is 0 Å². The summed E-state index contributed by atoms with van der Waals surface area (Å²) >= 11 is 0. The SMILES string of the molecule is CCCCCCCCCCCCCCCCCCCCCCC(=O)OC[C@H](COP(=O)(O)OC[C@@H](O)COP(=O)(O)OC[C@@H](COC(=O)CCCCCCCCCCC(C)C)OC(=O)CCCCCCCCCCCCC(C)CC)OC(=O)CCCCCCCCCCCCCCCCCCCCCC. The fourth-order valence-electron chi connectivity index (χ4n) is 13.4. The molecule has 19 heteroatoms. The molecule has 105 heavy (non-hydrogen) atoms. The van der Waals surface area contributed by atoms with E-state index < -0.39 is 97.5 Å². The number of hydrogen-bond donors (Lipinski definition) is 3. The predicted octanol–water partition coefficient (Wildman–Crippen LogP) is 26.2. The molecule has 0 aromatic heterocycles. The van der Waals surface area contributed by atoms with Gasteiger partial charge in [-0.2, -0.15) is 0 Å². The number of ether oxygens (including phenoxy) is 4. The van der Waals surface area contributed by atoms with Gasteiger partial charge in [0.1, 0.15) is 19.3 Å². The van der Waals surface area contributed by atoms with Gasteiger partial charge in [0.15, 0.2) is 12.2 Å². The first-order valence-corrected chi connectivity index (χ1v) is 47.5. The minimum Gasteiger partial charge on any atom is -0.462 e. The molecule has 0 aliphatic heterocycles. The van der Waals surface area contributed by atoms with Crippen LogP contribution < -0.4 is 0 Å². The first-order valence-electron chi connectivity index (χ1n) is 44.5. The van der Waals surface area contributed by atoms with Crippen molar-refractivity contribution in [2.24, 2.45) is 11.8 Å². The van der Waals surface area contributed by atoms with Crippen LogP contribution in [0.25, 0.3) is 0 Å². The van der Waals surface area contributed by atoms with Gasteiger partial charge >= 0.3 is 39.5 Å². The van der Waals surface area contributed by atoms with Gasteiger partial charge in [0.25, 0.3) is 0 Å². The number of phosphoric acid groups is 2. The van der Waals surface area contributed by atoms with Crippen LogP contribution in [-0.4, -0.2) is 96.7 Å². The Balaban J connectivity index is 5.23. The third-order valence-corrected chi connectivity index (χ3v) is 22.5. The van der Waals surface area contributed by atoms with Crippen molar-refractivity contribution in [2.75, 3.05) is 39.6 Å². The molecule has 0 aliphatic rings. The molecule has 0 saturated carbocycles. The van der Waals surface area contributed by atoms with Gasteiger partial charge in [-0.25, -0.2) is 9.13 Å². The molecular weight excluding hydrogens is 1370 g/mol. The predicted molar refractivity (Wildman–Crippen MR) is 432 cm³/mol. The maximum atomic E-state index is 13.2. The van der Waals surface area contributed by atoms with Crippen molar-refractivity contribution in [2.45, 2.75) is 477 Å². The summed E-state index contributed by atoms with van der Waals surface area (Å²) in [7, 11) is -9.93. The lowest BCUT2D eigenvalue weighted by Gasteiger charge is -2.21. The molecule has 0 saturated heterocycles. The van der Waals surface area contributed by atoms with E-state index >= 15 is 0 Å². The van der Waals surface area contributed by atoms with Crippen molar-refractivity contribution in [1.29, 1.82) is 0 Å². The van der Waals surface area contributed by atoms with Crippen molar-refractivity contribution in [1.82, 2.24) is 0 Å². The number of phosphoric ester groups is 2. The summed E-state index contributed by atoms with van der Waals surface area (Å²) < 4.78 is 68.9. The molecule has 17 nitrogen and oxygen atoms in total. The lowest BCUT2D eigenvalue weighted by molar-refractivity contribution is -0.161. The van der Waals surface area contributed by atoms with Crippen molar-refractivity contribution < 1.29 is 80.2 Å². The van der Waals surface area contributed by atoms with Gasteiger partial charge in [-0.3, -0.25) is 37.3 Å². The molecule has 0 aromatic carbocycles. The quantitative estimate of drug-likeness (QED) is 0.0222. The summed E-state index contributed by atoms with van der Waals surface area (Å²) in [5, 5.41) is 10.7. The molecule has 6 atom stereocenters. The lowest BCUT2D eigenvalue weighted by Crippen LogP contribution is -2.30. The topological polar surface area (TPSA) is 237 Å². The van der Waals surface area contributed by atoms with E-state index in [1.165, 1.54) is 276 Å². The molecule has 0 radical (unpaired) electrons. The monoisotopic (exact) mass is 1540 g/mol. The number of esters is 4.